The summed E-state index contributed by atoms with van der Waals surface area (Å²) in [7, 11) is 0. The Morgan fingerprint density at radius 2 is 2.23 bits per heavy atom. The van der Waals surface area contributed by atoms with E-state index < -0.39 is 5.82 Å². The van der Waals surface area contributed by atoms with Crippen molar-refractivity contribution in [3.05, 3.63) is 24.0 Å². The van der Waals surface area contributed by atoms with Gasteiger partial charge >= 0.3 is 0 Å². The number of halogens is 1. The zero-order chi connectivity index (χ0) is 9.26. The number of aromatic nitrogens is 4. The minimum atomic E-state index is -0.454. The van der Waals surface area contributed by atoms with Crippen LogP contribution in [0.15, 0.2) is 18.2 Å². The summed E-state index contributed by atoms with van der Waals surface area (Å²) < 4.78 is 12.7. The lowest BCUT2D eigenvalue weighted by Crippen LogP contribution is -1.84. The van der Waals surface area contributed by atoms with E-state index in [0.717, 1.165) is 12.1 Å². The molecule has 0 aliphatic carbocycles. The molecule has 0 fully saturated rings. The van der Waals surface area contributed by atoms with Gasteiger partial charge in [-0.1, -0.05) is 0 Å². The minimum Gasteiger partial charge on any atom is -0.507 e. The van der Waals surface area contributed by atoms with Crippen LogP contribution in [-0.4, -0.2) is 25.7 Å². The maximum Gasteiger partial charge on any atom is 0.183 e. The van der Waals surface area contributed by atoms with Crippen molar-refractivity contribution in [2.75, 3.05) is 0 Å². The van der Waals surface area contributed by atoms with Crippen LogP contribution in [0.1, 0.15) is 0 Å². The number of aromatic amines is 1. The molecule has 2 N–H and O–H groups in total. The molecule has 0 bridgehead atoms. The van der Waals surface area contributed by atoms with Gasteiger partial charge in [0.1, 0.15) is 11.6 Å². The normalized spacial score (nSPS) is 10.2. The average molecular weight is 180 g/mol. The summed E-state index contributed by atoms with van der Waals surface area (Å²) in [4.78, 5) is 0. The summed E-state index contributed by atoms with van der Waals surface area (Å²) in [6, 6.07) is 3.55. The lowest BCUT2D eigenvalue weighted by Gasteiger charge is -1.98. The van der Waals surface area contributed by atoms with E-state index in [9.17, 15) is 9.50 Å². The van der Waals surface area contributed by atoms with Gasteiger partial charge in [0.2, 0.25) is 0 Å². The molecule has 0 saturated carbocycles. The van der Waals surface area contributed by atoms with Crippen molar-refractivity contribution >= 4 is 0 Å². The molecule has 6 heteroatoms. The van der Waals surface area contributed by atoms with Crippen LogP contribution in [0.5, 0.6) is 5.75 Å². The molecule has 1 heterocycles. The second kappa shape index (κ2) is 2.81. The molecule has 0 spiro atoms. The first-order chi connectivity index (χ1) is 6.27. The quantitative estimate of drug-likeness (QED) is 0.677. The molecule has 2 aromatic rings. The van der Waals surface area contributed by atoms with E-state index in [1.54, 1.807) is 0 Å². The summed E-state index contributed by atoms with van der Waals surface area (Å²) in [5.41, 5.74) is 0.241. The van der Waals surface area contributed by atoms with Gasteiger partial charge in [0.05, 0.1) is 5.56 Å². The number of H-pyrrole nitrogens is 1. The first-order valence-corrected chi connectivity index (χ1v) is 3.50. The molecule has 0 saturated heterocycles. The van der Waals surface area contributed by atoms with Crippen molar-refractivity contribution < 1.29 is 9.50 Å². The number of phenolic OH excluding ortho intramolecular Hbond substituents is 1. The average Bonchev–Trinajstić information content (AvgIpc) is 2.61. The summed E-state index contributed by atoms with van der Waals surface area (Å²) in [6.45, 7) is 0. The highest BCUT2D eigenvalue weighted by Crippen LogP contribution is 2.25. The molecule has 0 atom stereocenters. The second-order valence-electron chi connectivity index (χ2n) is 2.41. The van der Waals surface area contributed by atoms with Crippen molar-refractivity contribution in [1.29, 1.82) is 0 Å². The van der Waals surface area contributed by atoms with Crippen LogP contribution in [0.4, 0.5) is 4.39 Å². The van der Waals surface area contributed by atoms with Crippen LogP contribution in [-0.2, 0) is 0 Å². The highest BCUT2D eigenvalue weighted by Gasteiger charge is 2.08. The van der Waals surface area contributed by atoms with Gasteiger partial charge in [-0.2, -0.15) is 0 Å². The van der Waals surface area contributed by atoms with Crippen LogP contribution < -0.4 is 0 Å². The van der Waals surface area contributed by atoms with Crippen molar-refractivity contribution in [2.45, 2.75) is 0 Å². The molecule has 1 aromatic heterocycles. The van der Waals surface area contributed by atoms with Crippen molar-refractivity contribution in [1.82, 2.24) is 20.6 Å². The molecule has 1 aromatic carbocycles. The van der Waals surface area contributed by atoms with Gasteiger partial charge in [0.25, 0.3) is 0 Å². The summed E-state index contributed by atoms with van der Waals surface area (Å²) in [5, 5.41) is 21.9. The van der Waals surface area contributed by atoms with E-state index in [-0.39, 0.29) is 17.1 Å². The topological polar surface area (TPSA) is 74.7 Å². The molecule has 0 radical (unpaired) electrons. The SMILES string of the molecule is Oc1ccc(F)cc1-c1nnn[nH]1. The van der Waals surface area contributed by atoms with Crippen molar-refractivity contribution in [3.63, 3.8) is 0 Å². The lowest BCUT2D eigenvalue weighted by atomic mass is 10.2. The monoisotopic (exact) mass is 180 g/mol. The second-order valence-corrected chi connectivity index (χ2v) is 2.41. The number of nitrogens with zero attached hydrogens (tertiary/aromatic N) is 3. The Bertz CT molecular complexity index is 414. The first-order valence-electron chi connectivity index (χ1n) is 3.50. The van der Waals surface area contributed by atoms with Gasteiger partial charge in [-0.15, -0.1) is 5.10 Å². The molecular weight excluding hydrogens is 175 g/mol. The van der Waals surface area contributed by atoms with Gasteiger partial charge in [0.15, 0.2) is 5.82 Å². The van der Waals surface area contributed by atoms with E-state index >= 15 is 0 Å². The van der Waals surface area contributed by atoms with Crippen LogP contribution >= 0.6 is 0 Å². The van der Waals surface area contributed by atoms with E-state index in [1.807, 2.05) is 0 Å². The Morgan fingerprint density at radius 1 is 1.38 bits per heavy atom. The number of nitrogens with one attached hydrogen (secondary N) is 1. The molecular formula is C7H5FN4O. The van der Waals surface area contributed by atoms with Gasteiger partial charge in [0, 0.05) is 0 Å². The fourth-order valence-corrected chi connectivity index (χ4v) is 0.971. The van der Waals surface area contributed by atoms with Crippen molar-refractivity contribution in [3.8, 4) is 17.1 Å². The van der Waals surface area contributed by atoms with Crippen LogP contribution in [0.3, 0.4) is 0 Å². The number of rotatable bonds is 1. The molecule has 13 heavy (non-hydrogen) atoms. The maximum atomic E-state index is 12.7. The van der Waals surface area contributed by atoms with Gasteiger partial charge < -0.3 is 5.11 Å². The predicted molar refractivity (Wildman–Crippen MR) is 41.2 cm³/mol. The van der Waals surface area contributed by atoms with Crippen LogP contribution in [0.25, 0.3) is 11.4 Å². The van der Waals surface area contributed by atoms with E-state index in [4.69, 9.17) is 0 Å². The van der Waals surface area contributed by atoms with E-state index in [0.29, 0.717) is 0 Å². The molecule has 0 amide bonds. The molecule has 0 aliphatic rings. The smallest absolute Gasteiger partial charge is 0.183 e. The third-order valence-corrected chi connectivity index (χ3v) is 1.56. The molecule has 66 valence electrons. The predicted octanol–water partition coefficient (Wildman–Crippen LogP) is 0.711. The number of aromatic hydroxyl groups is 1. The van der Waals surface area contributed by atoms with E-state index in [1.165, 1.54) is 6.07 Å². The lowest BCUT2D eigenvalue weighted by molar-refractivity contribution is 0.474. The van der Waals surface area contributed by atoms with Crippen LogP contribution in [0.2, 0.25) is 0 Å². The number of tetrazole rings is 1. The Balaban J connectivity index is 2.57. The summed E-state index contributed by atoms with van der Waals surface area (Å²) in [5.74, 6) is -0.291. The first kappa shape index (κ1) is 7.66. The Labute approximate surface area is 72.2 Å². The summed E-state index contributed by atoms with van der Waals surface area (Å²) >= 11 is 0. The molecule has 0 unspecified atom stereocenters. The molecule has 0 aliphatic heterocycles. The number of hydrogen-bond donors (Lipinski definition) is 2. The number of phenols is 1. The Hall–Kier alpha value is -1.98. The molecule has 5 nitrogen and oxygen atoms in total. The van der Waals surface area contributed by atoms with Crippen molar-refractivity contribution in [2.24, 2.45) is 0 Å². The number of benzene rings is 1. The molecule has 2 rings (SSSR count). The Morgan fingerprint density at radius 3 is 2.92 bits per heavy atom. The largest absolute Gasteiger partial charge is 0.507 e. The van der Waals surface area contributed by atoms with Gasteiger partial charge in [-0.3, -0.25) is 0 Å². The minimum absolute atomic E-state index is 0.0695. The van der Waals surface area contributed by atoms with Gasteiger partial charge in [-0.05, 0) is 28.6 Å². The van der Waals surface area contributed by atoms with E-state index in [2.05, 4.69) is 20.6 Å². The van der Waals surface area contributed by atoms with Gasteiger partial charge in [-0.25, -0.2) is 9.49 Å². The fourth-order valence-electron chi connectivity index (χ4n) is 0.971. The Kier molecular flexibility index (Phi) is 1.66. The fraction of sp³-hybridized carbons (Fsp3) is 0. The maximum absolute atomic E-state index is 12.7. The highest BCUT2D eigenvalue weighted by atomic mass is 19.1. The number of hydrogen-bond acceptors (Lipinski definition) is 4. The summed E-state index contributed by atoms with van der Waals surface area (Å²) in [6.07, 6.45) is 0. The zero-order valence-electron chi connectivity index (χ0n) is 6.40. The third kappa shape index (κ3) is 1.33. The zero-order valence-corrected chi connectivity index (χ0v) is 6.40. The van der Waals surface area contributed by atoms with Crippen LogP contribution in [0, 0.1) is 5.82 Å². The highest BCUT2D eigenvalue weighted by molar-refractivity contribution is 5.62. The third-order valence-electron chi connectivity index (χ3n) is 1.56. The standard InChI is InChI=1S/C7H5FN4O/c8-4-1-2-6(13)5(3-4)7-9-11-12-10-7/h1-3,13H,(H,9,10,11,12).